The van der Waals surface area contributed by atoms with E-state index in [0.29, 0.717) is 0 Å². The second-order valence-corrected chi connectivity index (χ2v) is 3.42. The number of thioether (sulfide) groups is 1. The minimum absolute atomic E-state index is 0.931. The lowest BCUT2D eigenvalue weighted by atomic mass is 10.2. The fraction of sp³-hybridized carbons (Fsp3) is 0.111. The Hall–Kier alpha value is -0.930. The highest BCUT2D eigenvalue weighted by atomic mass is 32.2. The molecule has 0 bridgehead atoms. The van der Waals surface area contributed by atoms with Crippen molar-refractivity contribution in [2.45, 2.75) is 11.8 Å². The summed E-state index contributed by atoms with van der Waals surface area (Å²) in [7, 11) is 0. The van der Waals surface area contributed by atoms with Gasteiger partial charge in [-0.25, -0.2) is 0 Å². The average Bonchev–Trinajstić information content (AvgIpc) is 2.09. The van der Waals surface area contributed by atoms with Crippen LogP contribution in [0.5, 0.6) is 0 Å². The number of anilines is 1. The van der Waals surface area contributed by atoms with Gasteiger partial charge in [0.25, 0.3) is 0 Å². The molecule has 0 aliphatic heterocycles. The highest BCUT2D eigenvalue weighted by Gasteiger charge is 1.97. The van der Waals surface area contributed by atoms with Crippen LogP contribution >= 0.6 is 11.8 Å². The molecule has 1 aromatic rings. The number of nitrogens with one attached hydrogen (secondary N) is 1. The maximum Gasteiger partial charge on any atom is 0.0488 e. The molecule has 64 valence electrons. The van der Waals surface area contributed by atoms with Crippen molar-refractivity contribution in [3.63, 3.8) is 0 Å². The molecule has 0 aliphatic rings. The van der Waals surface area contributed by atoms with Gasteiger partial charge in [0.05, 0.1) is 0 Å². The summed E-state index contributed by atoms with van der Waals surface area (Å²) in [5.74, 6) is 5.27. The van der Waals surface area contributed by atoms with Crippen molar-refractivity contribution in [1.29, 1.82) is 0 Å². The van der Waals surface area contributed by atoms with Gasteiger partial charge >= 0.3 is 0 Å². The average molecular weight is 180 g/mol. The first-order valence-electron chi connectivity index (χ1n) is 3.62. The summed E-state index contributed by atoms with van der Waals surface area (Å²) in [5.41, 5.74) is 4.74. The lowest BCUT2D eigenvalue weighted by Crippen LogP contribution is -2.06. The summed E-state index contributed by atoms with van der Waals surface area (Å²) in [6.07, 6.45) is 0. The Morgan fingerprint density at radius 3 is 2.83 bits per heavy atom. The second-order valence-electron chi connectivity index (χ2n) is 2.41. The number of nitrogens with two attached hydrogens (primary N) is 1. The number of benzene rings is 1. The van der Waals surface area contributed by atoms with Gasteiger partial charge in [0, 0.05) is 10.6 Å². The zero-order valence-corrected chi connectivity index (χ0v) is 7.82. The Labute approximate surface area is 76.8 Å². The van der Waals surface area contributed by atoms with Gasteiger partial charge in [-0.1, -0.05) is 18.3 Å². The summed E-state index contributed by atoms with van der Waals surface area (Å²) in [6, 6.07) is 5.97. The Kier molecular flexibility index (Phi) is 3.19. The minimum Gasteiger partial charge on any atom is -0.324 e. The van der Waals surface area contributed by atoms with E-state index in [4.69, 9.17) is 5.84 Å². The monoisotopic (exact) mass is 180 g/mol. The third-order valence-corrected chi connectivity index (χ3v) is 2.43. The van der Waals surface area contributed by atoms with Gasteiger partial charge < -0.3 is 5.43 Å². The molecule has 0 radical (unpaired) electrons. The third-order valence-electron chi connectivity index (χ3n) is 1.55. The maximum atomic E-state index is 5.27. The highest BCUT2D eigenvalue weighted by molar-refractivity contribution is 8.02. The minimum atomic E-state index is 0.931. The van der Waals surface area contributed by atoms with Crippen LogP contribution in [0.25, 0.3) is 0 Å². The zero-order chi connectivity index (χ0) is 8.97. The van der Waals surface area contributed by atoms with Crippen LogP contribution in [0.1, 0.15) is 5.56 Å². The lowest BCUT2D eigenvalue weighted by Gasteiger charge is -2.04. The molecule has 2 nitrogen and oxygen atoms in total. The Bertz CT molecular complexity index is 284. The van der Waals surface area contributed by atoms with Crippen LogP contribution in [0.15, 0.2) is 35.1 Å². The predicted molar refractivity (Wildman–Crippen MR) is 55.0 cm³/mol. The first-order chi connectivity index (χ1) is 5.77. The van der Waals surface area contributed by atoms with Crippen molar-refractivity contribution in [1.82, 2.24) is 0 Å². The van der Waals surface area contributed by atoms with Gasteiger partial charge in [-0.2, -0.15) is 0 Å². The van der Waals surface area contributed by atoms with Crippen LogP contribution in [0.4, 0.5) is 5.69 Å². The van der Waals surface area contributed by atoms with Crippen LogP contribution in [-0.4, -0.2) is 0 Å². The van der Waals surface area contributed by atoms with E-state index in [0.717, 1.165) is 5.69 Å². The third kappa shape index (κ3) is 2.03. The molecule has 1 aromatic carbocycles. The standard InChI is InChI=1S/C9H12N2S/c1-3-12-9-5-4-8(11-10)6-7(9)2/h3-6,11H,1,10H2,2H3. The fourth-order valence-corrected chi connectivity index (χ4v) is 1.53. The Balaban J connectivity index is 2.94. The lowest BCUT2D eigenvalue weighted by molar-refractivity contribution is 1.27. The van der Waals surface area contributed by atoms with Crippen LogP contribution in [-0.2, 0) is 0 Å². The fourth-order valence-electron chi connectivity index (χ4n) is 0.961. The summed E-state index contributed by atoms with van der Waals surface area (Å²) < 4.78 is 0. The normalized spacial score (nSPS) is 9.50. The molecule has 3 N–H and O–H groups in total. The van der Waals surface area contributed by atoms with E-state index in [1.165, 1.54) is 10.5 Å². The van der Waals surface area contributed by atoms with E-state index in [9.17, 15) is 0 Å². The molecular formula is C9H12N2S. The topological polar surface area (TPSA) is 38.0 Å². The van der Waals surface area contributed by atoms with E-state index in [1.807, 2.05) is 30.5 Å². The molecule has 0 spiro atoms. The predicted octanol–water partition coefficient (Wildman–Crippen LogP) is 2.52. The number of hydrogen-bond acceptors (Lipinski definition) is 3. The molecule has 0 heterocycles. The van der Waals surface area contributed by atoms with Crippen molar-refractivity contribution >= 4 is 17.4 Å². The number of rotatable bonds is 3. The molecular weight excluding hydrogens is 168 g/mol. The van der Waals surface area contributed by atoms with E-state index in [-0.39, 0.29) is 0 Å². The number of hydrazine groups is 1. The molecule has 0 fully saturated rings. The van der Waals surface area contributed by atoms with E-state index >= 15 is 0 Å². The second kappa shape index (κ2) is 4.18. The number of nitrogen functional groups attached to an aromatic ring is 1. The van der Waals surface area contributed by atoms with Gasteiger partial charge in [0.15, 0.2) is 0 Å². The zero-order valence-electron chi connectivity index (χ0n) is 7.00. The number of hydrogen-bond donors (Lipinski definition) is 2. The van der Waals surface area contributed by atoms with Crippen molar-refractivity contribution < 1.29 is 0 Å². The first-order valence-corrected chi connectivity index (χ1v) is 4.50. The summed E-state index contributed by atoms with van der Waals surface area (Å²) >= 11 is 1.62. The van der Waals surface area contributed by atoms with Crippen molar-refractivity contribution in [2.75, 3.05) is 5.43 Å². The first kappa shape index (κ1) is 9.16. The van der Waals surface area contributed by atoms with Crippen molar-refractivity contribution in [2.24, 2.45) is 5.84 Å². The van der Waals surface area contributed by atoms with Gasteiger partial charge in [-0.05, 0) is 36.1 Å². The molecule has 0 aromatic heterocycles. The SMILES string of the molecule is C=CSc1ccc(NN)cc1C. The van der Waals surface area contributed by atoms with Crippen LogP contribution in [0.2, 0.25) is 0 Å². The summed E-state index contributed by atoms with van der Waals surface area (Å²) in [4.78, 5) is 1.21. The number of aryl methyl sites for hydroxylation is 1. The summed E-state index contributed by atoms with van der Waals surface area (Å²) in [6.45, 7) is 5.71. The van der Waals surface area contributed by atoms with Crippen molar-refractivity contribution in [3.8, 4) is 0 Å². The van der Waals surface area contributed by atoms with Crippen LogP contribution in [0.3, 0.4) is 0 Å². The van der Waals surface area contributed by atoms with Gasteiger partial charge in [-0.15, -0.1) is 0 Å². The molecule has 0 saturated carbocycles. The smallest absolute Gasteiger partial charge is 0.0488 e. The van der Waals surface area contributed by atoms with Gasteiger partial charge in [0.2, 0.25) is 0 Å². The van der Waals surface area contributed by atoms with Gasteiger partial charge in [0.1, 0.15) is 0 Å². The molecule has 12 heavy (non-hydrogen) atoms. The highest BCUT2D eigenvalue weighted by Crippen LogP contribution is 2.24. The molecule has 0 saturated heterocycles. The van der Waals surface area contributed by atoms with E-state index < -0.39 is 0 Å². The molecule has 0 atom stereocenters. The Morgan fingerprint density at radius 2 is 2.33 bits per heavy atom. The Morgan fingerprint density at radius 1 is 1.58 bits per heavy atom. The molecule has 3 heteroatoms. The van der Waals surface area contributed by atoms with Gasteiger partial charge in [-0.3, -0.25) is 5.84 Å². The maximum absolute atomic E-state index is 5.27. The van der Waals surface area contributed by atoms with E-state index in [1.54, 1.807) is 11.8 Å². The molecule has 0 unspecified atom stereocenters. The largest absolute Gasteiger partial charge is 0.324 e. The molecule has 1 rings (SSSR count). The van der Waals surface area contributed by atoms with Crippen molar-refractivity contribution in [3.05, 3.63) is 35.7 Å². The van der Waals surface area contributed by atoms with Crippen LogP contribution < -0.4 is 11.3 Å². The van der Waals surface area contributed by atoms with Crippen LogP contribution in [0, 0.1) is 6.92 Å². The van der Waals surface area contributed by atoms with E-state index in [2.05, 4.69) is 12.0 Å². The molecule has 0 aliphatic carbocycles. The quantitative estimate of drug-likeness (QED) is 0.426. The summed E-state index contributed by atoms with van der Waals surface area (Å²) in [5, 5.41) is 1.82. The molecule has 0 amide bonds.